The van der Waals surface area contributed by atoms with Gasteiger partial charge in [0.25, 0.3) is 0 Å². The molecule has 48 heavy (non-hydrogen) atoms. The number of pyridine rings is 3. The molecular formula is C45H39N3. The zero-order valence-electron chi connectivity index (χ0n) is 29.3. The molecule has 3 aromatic heterocycles. The highest BCUT2D eigenvalue weighted by molar-refractivity contribution is 5.56. The van der Waals surface area contributed by atoms with E-state index in [9.17, 15) is 0 Å². The van der Waals surface area contributed by atoms with Gasteiger partial charge in [-0.1, -0.05) is 71.0 Å². The number of aromatic nitrogens is 3. The lowest BCUT2D eigenvalue weighted by Gasteiger charge is -2.06. The monoisotopic (exact) mass is 621 g/mol. The molecule has 3 heterocycles. The minimum absolute atomic E-state index is 0.102. The number of hydrogen-bond donors (Lipinski definition) is 0. The van der Waals surface area contributed by atoms with Gasteiger partial charge < -0.3 is 0 Å². The SMILES string of the molecule is CC(C)(C)C#Cc1cncc(C#Cc2cc(C#Cc3cncc(C#CC(C)(C)C)c3)cc(C#Cc3cncc(C#CC(C)(C)C)c3)c2)c1. The summed E-state index contributed by atoms with van der Waals surface area (Å²) in [4.78, 5) is 13.0. The second-order valence-corrected chi connectivity index (χ2v) is 14.4. The largest absolute Gasteiger partial charge is 0.262 e. The van der Waals surface area contributed by atoms with Gasteiger partial charge in [-0.3, -0.25) is 15.0 Å². The third kappa shape index (κ3) is 12.8. The molecule has 0 spiro atoms. The molecule has 234 valence electrons. The van der Waals surface area contributed by atoms with E-state index in [1.807, 2.05) is 36.4 Å². The zero-order valence-corrected chi connectivity index (χ0v) is 29.3. The van der Waals surface area contributed by atoms with Crippen LogP contribution in [0.4, 0.5) is 0 Å². The normalized spacial score (nSPS) is 10.4. The van der Waals surface area contributed by atoms with E-state index in [2.05, 4.69) is 148 Å². The number of benzene rings is 1. The maximum atomic E-state index is 4.35. The fourth-order valence-corrected chi connectivity index (χ4v) is 3.79. The number of hydrogen-bond acceptors (Lipinski definition) is 3. The van der Waals surface area contributed by atoms with Crippen molar-refractivity contribution in [3.8, 4) is 71.0 Å². The Labute approximate surface area is 287 Å². The Morgan fingerprint density at radius 3 is 0.708 bits per heavy atom. The molecule has 3 nitrogen and oxygen atoms in total. The van der Waals surface area contributed by atoms with Crippen molar-refractivity contribution in [1.82, 2.24) is 15.0 Å². The van der Waals surface area contributed by atoms with Crippen LogP contribution in [0, 0.1) is 87.3 Å². The lowest BCUT2D eigenvalue weighted by molar-refractivity contribution is 0.570. The molecule has 1 aromatic carbocycles. The molecule has 4 aromatic rings. The van der Waals surface area contributed by atoms with E-state index >= 15 is 0 Å². The van der Waals surface area contributed by atoms with Gasteiger partial charge in [0.05, 0.1) is 0 Å². The van der Waals surface area contributed by atoms with Crippen LogP contribution < -0.4 is 0 Å². The van der Waals surface area contributed by atoms with Gasteiger partial charge in [-0.2, -0.15) is 0 Å². The fraction of sp³-hybridized carbons (Fsp3) is 0.267. The molecule has 0 fully saturated rings. The molecule has 0 saturated carbocycles. The summed E-state index contributed by atoms with van der Waals surface area (Å²) < 4.78 is 0. The summed E-state index contributed by atoms with van der Waals surface area (Å²) in [7, 11) is 0. The first kappa shape index (κ1) is 34.9. The second kappa shape index (κ2) is 15.1. The Balaban J connectivity index is 1.73. The van der Waals surface area contributed by atoms with Crippen molar-refractivity contribution >= 4 is 0 Å². The van der Waals surface area contributed by atoms with Crippen LogP contribution in [-0.4, -0.2) is 15.0 Å². The summed E-state index contributed by atoms with van der Waals surface area (Å²) in [6.07, 6.45) is 10.5. The highest BCUT2D eigenvalue weighted by Crippen LogP contribution is 2.14. The smallest absolute Gasteiger partial charge is 0.0444 e. The quantitative estimate of drug-likeness (QED) is 0.186. The van der Waals surface area contributed by atoms with Gasteiger partial charge in [-0.15, -0.1) is 0 Å². The van der Waals surface area contributed by atoms with Gasteiger partial charge in [-0.05, 0) is 98.7 Å². The third-order valence-electron chi connectivity index (χ3n) is 5.95. The van der Waals surface area contributed by atoms with E-state index in [0.29, 0.717) is 0 Å². The summed E-state index contributed by atoms with van der Waals surface area (Å²) in [6.45, 7) is 18.7. The summed E-state index contributed by atoms with van der Waals surface area (Å²) >= 11 is 0. The van der Waals surface area contributed by atoms with Crippen molar-refractivity contribution in [3.05, 3.63) is 124 Å². The predicted octanol–water partition coefficient (Wildman–Crippen LogP) is 8.26. The highest BCUT2D eigenvalue weighted by atomic mass is 14.6. The highest BCUT2D eigenvalue weighted by Gasteiger charge is 2.06. The van der Waals surface area contributed by atoms with Crippen LogP contribution in [0.2, 0.25) is 0 Å². The predicted molar refractivity (Wildman–Crippen MR) is 196 cm³/mol. The summed E-state index contributed by atoms with van der Waals surface area (Å²) in [6, 6.07) is 11.7. The van der Waals surface area contributed by atoms with Crippen LogP contribution in [0.3, 0.4) is 0 Å². The van der Waals surface area contributed by atoms with Gasteiger partial charge in [0.15, 0.2) is 0 Å². The minimum Gasteiger partial charge on any atom is -0.262 e. The van der Waals surface area contributed by atoms with E-state index in [1.54, 1.807) is 37.2 Å². The van der Waals surface area contributed by atoms with E-state index < -0.39 is 0 Å². The van der Waals surface area contributed by atoms with Crippen LogP contribution >= 0.6 is 0 Å². The standard InChI is InChI=1S/C45H39N3/c1-43(2,3)19-16-40-25-37(28-46-31-40)13-10-34-22-35(11-14-38-26-41(32-47-29-38)17-20-44(4,5)6)24-36(23-34)12-15-39-27-42(33-48-30-39)18-21-45(7,8)9/h22-33H,1-9H3. The summed E-state index contributed by atoms with van der Waals surface area (Å²) in [5.74, 6) is 38.9. The van der Waals surface area contributed by atoms with Crippen molar-refractivity contribution < 1.29 is 0 Å². The van der Waals surface area contributed by atoms with Crippen molar-refractivity contribution in [1.29, 1.82) is 0 Å². The third-order valence-corrected chi connectivity index (χ3v) is 5.95. The molecule has 0 aliphatic carbocycles. The van der Waals surface area contributed by atoms with E-state index in [4.69, 9.17) is 0 Å². The first-order valence-electron chi connectivity index (χ1n) is 15.7. The summed E-state index contributed by atoms with van der Waals surface area (Å²) in [5, 5.41) is 0. The maximum Gasteiger partial charge on any atom is 0.0444 e. The van der Waals surface area contributed by atoms with Gasteiger partial charge in [0.2, 0.25) is 0 Å². The molecule has 0 N–H and O–H groups in total. The second-order valence-electron chi connectivity index (χ2n) is 14.4. The van der Waals surface area contributed by atoms with Crippen LogP contribution in [0.15, 0.2) is 73.6 Å². The van der Waals surface area contributed by atoms with Gasteiger partial charge >= 0.3 is 0 Å². The molecule has 0 unspecified atom stereocenters. The first-order chi connectivity index (χ1) is 22.6. The van der Waals surface area contributed by atoms with Crippen molar-refractivity contribution in [3.63, 3.8) is 0 Å². The van der Waals surface area contributed by atoms with Crippen molar-refractivity contribution in [2.24, 2.45) is 16.2 Å². The molecule has 0 radical (unpaired) electrons. The van der Waals surface area contributed by atoms with Crippen molar-refractivity contribution in [2.45, 2.75) is 62.3 Å². The topological polar surface area (TPSA) is 38.7 Å². The van der Waals surface area contributed by atoms with Crippen molar-refractivity contribution in [2.75, 3.05) is 0 Å². The van der Waals surface area contributed by atoms with Crippen LogP contribution in [0.5, 0.6) is 0 Å². The maximum absolute atomic E-state index is 4.35. The lowest BCUT2D eigenvalue weighted by atomic mass is 9.97. The van der Waals surface area contributed by atoms with Crippen LogP contribution in [0.1, 0.15) is 112 Å². The summed E-state index contributed by atoms with van der Waals surface area (Å²) in [5.41, 5.74) is 6.85. The fourth-order valence-electron chi connectivity index (χ4n) is 3.79. The van der Waals surface area contributed by atoms with E-state index in [1.165, 1.54) is 0 Å². The van der Waals surface area contributed by atoms with Crippen LogP contribution in [-0.2, 0) is 0 Å². The van der Waals surface area contributed by atoms with Gasteiger partial charge in [0.1, 0.15) is 0 Å². The Bertz CT molecular complexity index is 1950. The molecule has 3 heteroatoms. The first-order valence-corrected chi connectivity index (χ1v) is 15.7. The average Bonchev–Trinajstić information content (AvgIpc) is 3.02. The Hall–Kier alpha value is -5.97. The molecule has 0 saturated heterocycles. The Kier molecular flexibility index (Phi) is 11.0. The van der Waals surface area contributed by atoms with Gasteiger partial charge in [-0.25, -0.2) is 0 Å². The number of nitrogens with zero attached hydrogens (tertiary/aromatic N) is 3. The lowest BCUT2D eigenvalue weighted by Crippen LogP contribution is -1.99. The van der Waals surface area contributed by atoms with Gasteiger partial charge in [0, 0.05) is 103 Å². The van der Waals surface area contributed by atoms with E-state index in [-0.39, 0.29) is 16.2 Å². The molecule has 0 bridgehead atoms. The molecular weight excluding hydrogens is 583 g/mol. The Morgan fingerprint density at radius 1 is 0.292 bits per heavy atom. The Morgan fingerprint density at radius 2 is 0.479 bits per heavy atom. The molecule has 0 amide bonds. The zero-order chi connectivity index (χ0) is 34.8. The van der Waals surface area contributed by atoms with E-state index in [0.717, 1.165) is 50.1 Å². The molecule has 0 aliphatic rings. The minimum atomic E-state index is -0.102. The molecule has 0 atom stereocenters. The molecule has 0 aliphatic heterocycles. The molecule has 4 rings (SSSR count). The van der Waals surface area contributed by atoms with Crippen LogP contribution in [0.25, 0.3) is 0 Å². The average molecular weight is 622 g/mol. The number of rotatable bonds is 0.